The van der Waals surface area contributed by atoms with Crippen molar-refractivity contribution < 1.29 is 44.9 Å². The molecule has 10 N–H and O–H groups in total. The Morgan fingerprint density at radius 3 is 1.16 bits per heavy atom. The van der Waals surface area contributed by atoms with Gasteiger partial charge in [-0.2, -0.15) is 0 Å². The molecule has 2 aromatic rings. The second-order valence-corrected chi connectivity index (χ2v) is 7.62. The third-order valence-electron chi connectivity index (χ3n) is 3.58. The normalized spacial score (nSPS) is 11.3. The number of quaternary nitrogens is 2. The molecule has 11 nitrogen and oxygen atoms in total. The lowest BCUT2D eigenvalue weighted by atomic mass is 9.93. The Morgan fingerprint density at radius 2 is 1.00 bits per heavy atom. The lowest BCUT2D eigenvalue weighted by molar-refractivity contribution is -0.438. The molecule has 0 fully saturated rings. The van der Waals surface area contributed by atoms with Crippen LogP contribution in [0, 0.1) is 15.3 Å². The summed E-state index contributed by atoms with van der Waals surface area (Å²) in [6.07, 6.45) is 0. The van der Waals surface area contributed by atoms with E-state index in [1.165, 1.54) is 0 Å². The minimum atomic E-state index is -1.75. The largest absolute Gasteiger partial charge is 1.00 e. The van der Waals surface area contributed by atoms with Crippen LogP contribution in [0.15, 0.2) is 71.0 Å². The quantitative estimate of drug-likeness (QED) is 0.166. The maximum absolute atomic E-state index is 8.86. The van der Waals surface area contributed by atoms with E-state index < -0.39 is 5.09 Å². The van der Waals surface area contributed by atoms with Gasteiger partial charge in [0.05, 0.1) is 5.09 Å². The summed E-state index contributed by atoms with van der Waals surface area (Å²) in [5.74, 6) is 0. The Labute approximate surface area is 192 Å². The Bertz CT molecular complexity index is 766. The molecule has 2 aromatic carbocycles. The molecule has 0 radical (unpaired) electrons. The van der Waals surface area contributed by atoms with E-state index in [1.54, 1.807) is 0 Å². The fourth-order valence-corrected chi connectivity index (χ4v) is 2.36. The van der Waals surface area contributed by atoms with E-state index in [0.717, 1.165) is 11.1 Å². The van der Waals surface area contributed by atoms with Crippen molar-refractivity contribution in [1.82, 2.24) is 0 Å². The highest BCUT2D eigenvalue weighted by molar-refractivity contribution is 6.05. The topological polar surface area (TPSA) is 218 Å². The van der Waals surface area contributed by atoms with Gasteiger partial charge in [-0.3, -0.25) is 0 Å². The third-order valence-corrected chi connectivity index (χ3v) is 3.58. The number of hydrogen-bond acceptors (Lipinski definition) is 7. The van der Waals surface area contributed by atoms with E-state index >= 15 is 0 Å². The average Bonchev–Trinajstić information content (AvgIpc) is 2.62. The molecule has 0 aliphatic carbocycles. The first kappa shape index (κ1) is 33.4. The molecule has 12 heteroatoms. The average molecular weight is 474 g/mol. The van der Waals surface area contributed by atoms with Crippen molar-refractivity contribution in [3.63, 3.8) is 0 Å². The second-order valence-electron chi connectivity index (χ2n) is 7.62. The predicted octanol–water partition coefficient (Wildman–Crippen LogP) is -2.29. The van der Waals surface area contributed by atoms with E-state index in [-0.39, 0.29) is 29.0 Å². The molecule has 0 aliphatic rings. The number of halogens is 1. The SMILES string of the molecule is CC(C)([NH3+])/C(=N/O)c1ccccc1.CC(C)([NH3+])/C(=N/O)c1ccccc1.O.O=[N+]([O-])[O-].[Cl-]. The summed E-state index contributed by atoms with van der Waals surface area (Å²) in [6.45, 7) is 7.65. The van der Waals surface area contributed by atoms with Gasteiger partial charge < -0.3 is 55.1 Å². The Balaban J connectivity index is -0.000000428. The molecule has 32 heavy (non-hydrogen) atoms. The number of oxime groups is 2. The number of benzene rings is 2. The van der Waals surface area contributed by atoms with E-state index in [4.69, 9.17) is 25.7 Å². The van der Waals surface area contributed by atoms with Crippen molar-refractivity contribution in [2.45, 2.75) is 38.8 Å². The molecule has 180 valence electrons. The highest BCUT2D eigenvalue weighted by Gasteiger charge is 2.26. The second kappa shape index (κ2) is 15.5. The van der Waals surface area contributed by atoms with Gasteiger partial charge in [-0.25, -0.2) is 0 Å². The summed E-state index contributed by atoms with van der Waals surface area (Å²) in [7, 11) is 0. The van der Waals surface area contributed by atoms with Crippen molar-refractivity contribution in [2.24, 2.45) is 10.3 Å². The molecule has 0 saturated carbocycles. The molecule has 0 spiro atoms. The Morgan fingerprint density at radius 1 is 0.781 bits per heavy atom. The zero-order valence-electron chi connectivity index (χ0n) is 18.5. The van der Waals surface area contributed by atoms with Crippen LogP contribution < -0.4 is 23.9 Å². The smallest absolute Gasteiger partial charge is 0.146 e. The third kappa shape index (κ3) is 13.1. The van der Waals surface area contributed by atoms with Gasteiger partial charge in [-0.15, -0.1) is 0 Å². The van der Waals surface area contributed by atoms with Gasteiger partial charge in [-0.1, -0.05) is 71.0 Å². The van der Waals surface area contributed by atoms with Gasteiger partial charge in [-0.05, 0) is 27.7 Å². The summed E-state index contributed by atoms with van der Waals surface area (Å²) >= 11 is 0. The van der Waals surface area contributed by atoms with Crippen molar-refractivity contribution >= 4 is 11.4 Å². The zero-order valence-corrected chi connectivity index (χ0v) is 19.3. The minimum absolute atomic E-state index is 0. The Hall–Kier alpha value is -3.25. The first-order valence-electron chi connectivity index (χ1n) is 8.92. The van der Waals surface area contributed by atoms with Crippen LogP contribution in [0.25, 0.3) is 0 Å². The van der Waals surface area contributed by atoms with Gasteiger partial charge >= 0.3 is 0 Å². The van der Waals surface area contributed by atoms with E-state index in [9.17, 15) is 0 Å². The minimum Gasteiger partial charge on any atom is -1.00 e. The van der Waals surface area contributed by atoms with Crippen molar-refractivity contribution in [3.8, 4) is 0 Å². The fraction of sp³-hybridized carbons (Fsp3) is 0.300. The molecule has 0 aliphatic heterocycles. The molecular weight excluding hydrogens is 442 g/mol. The van der Waals surface area contributed by atoms with Crippen molar-refractivity contribution in [3.05, 3.63) is 87.1 Å². The summed E-state index contributed by atoms with van der Waals surface area (Å²) < 4.78 is 0. The molecular formula is C20H32ClN5O6. The molecule has 0 aromatic heterocycles. The Kier molecular flexibility index (Phi) is 16.2. The highest BCUT2D eigenvalue weighted by Crippen LogP contribution is 2.10. The van der Waals surface area contributed by atoms with Crippen LogP contribution in [0.4, 0.5) is 0 Å². The number of nitrogens with zero attached hydrogens (tertiary/aromatic N) is 3. The van der Waals surface area contributed by atoms with Crippen molar-refractivity contribution in [1.29, 1.82) is 0 Å². The molecule has 0 amide bonds. The predicted molar refractivity (Wildman–Crippen MR) is 117 cm³/mol. The standard InChI is InChI=1S/2C10H14N2O.ClH.NO3.H2O/c2*1-10(2,11)9(12-13)8-6-4-3-5-7-8;;2-1(3)4;/h2*3-7,13H,11H2,1-2H3;1H;;1H2/q;;;-1;/p+1/b2*12-9+;;;. The highest BCUT2D eigenvalue weighted by atomic mass is 35.5. The molecule has 2 rings (SSSR count). The van der Waals surface area contributed by atoms with Gasteiger partial charge in [0.1, 0.15) is 22.5 Å². The van der Waals surface area contributed by atoms with Gasteiger partial charge in [0, 0.05) is 11.1 Å². The van der Waals surface area contributed by atoms with E-state index in [1.807, 2.05) is 88.4 Å². The van der Waals surface area contributed by atoms with Crippen LogP contribution >= 0.6 is 0 Å². The molecule has 0 saturated heterocycles. The lowest BCUT2D eigenvalue weighted by Gasteiger charge is -2.16. The molecule has 0 bridgehead atoms. The maximum atomic E-state index is 8.86. The molecule has 0 atom stereocenters. The first-order chi connectivity index (χ1) is 13.8. The zero-order chi connectivity index (χ0) is 23.4. The van der Waals surface area contributed by atoms with Crippen LogP contribution in [-0.4, -0.2) is 43.5 Å². The van der Waals surface area contributed by atoms with Crippen molar-refractivity contribution in [2.75, 3.05) is 0 Å². The van der Waals surface area contributed by atoms with E-state index in [2.05, 4.69) is 21.8 Å². The number of hydrogen-bond donors (Lipinski definition) is 4. The lowest BCUT2D eigenvalue weighted by Crippen LogP contribution is -3.00. The van der Waals surface area contributed by atoms with Gasteiger partial charge in [0.2, 0.25) is 0 Å². The van der Waals surface area contributed by atoms with Gasteiger partial charge in [0.25, 0.3) is 0 Å². The monoisotopic (exact) mass is 473 g/mol. The van der Waals surface area contributed by atoms with Crippen LogP contribution in [0.1, 0.15) is 38.8 Å². The molecule has 0 unspecified atom stereocenters. The van der Waals surface area contributed by atoms with E-state index in [0.29, 0.717) is 11.4 Å². The maximum Gasteiger partial charge on any atom is 0.146 e. The summed E-state index contributed by atoms with van der Waals surface area (Å²) in [5, 5.41) is 39.0. The summed E-state index contributed by atoms with van der Waals surface area (Å²) in [4.78, 5) is 8.25. The van der Waals surface area contributed by atoms with Crippen LogP contribution in [0.2, 0.25) is 0 Å². The summed E-state index contributed by atoms with van der Waals surface area (Å²) in [5.41, 5.74) is 10.1. The summed E-state index contributed by atoms with van der Waals surface area (Å²) in [6, 6.07) is 19.1. The van der Waals surface area contributed by atoms with Crippen LogP contribution in [0.3, 0.4) is 0 Å². The number of rotatable bonds is 4. The molecule has 0 heterocycles. The van der Waals surface area contributed by atoms with Crippen LogP contribution in [-0.2, 0) is 0 Å². The van der Waals surface area contributed by atoms with Crippen LogP contribution in [0.5, 0.6) is 0 Å². The first-order valence-corrected chi connectivity index (χ1v) is 8.92. The van der Waals surface area contributed by atoms with Gasteiger partial charge in [0.15, 0.2) is 0 Å². The fourth-order valence-electron chi connectivity index (χ4n) is 2.36.